The van der Waals surface area contributed by atoms with Gasteiger partial charge >= 0.3 is 0 Å². The summed E-state index contributed by atoms with van der Waals surface area (Å²) < 4.78 is 6.02. The van der Waals surface area contributed by atoms with E-state index in [2.05, 4.69) is 68.9 Å². The number of allylic oxidation sites excluding steroid dienone is 12. The molecule has 0 bridgehead atoms. The predicted molar refractivity (Wildman–Crippen MR) is 156 cm³/mol. The average molecular weight is 519 g/mol. The molecule has 39 heavy (non-hydrogen) atoms. The summed E-state index contributed by atoms with van der Waals surface area (Å²) in [5.41, 5.74) is 14.6. The maximum absolute atomic E-state index is 8.61. The third-order valence-electron chi connectivity index (χ3n) is 6.14. The van der Waals surface area contributed by atoms with Crippen LogP contribution in [-0.4, -0.2) is 28.2 Å². The molecule has 3 aliphatic rings. The van der Waals surface area contributed by atoms with Crippen LogP contribution in [0, 0.1) is 16.2 Å². The number of rotatable bonds is 5. The lowest BCUT2D eigenvalue weighted by Crippen LogP contribution is -2.22. The Labute approximate surface area is 230 Å². The van der Waals surface area contributed by atoms with Gasteiger partial charge in [0.1, 0.15) is 0 Å². The molecule has 0 radical (unpaired) electrons. The van der Waals surface area contributed by atoms with E-state index in [9.17, 15) is 0 Å². The Bertz CT molecular complexity index is 1560. The molecule has 6 nitrogen and oxygen atoms in total. The topological polar surface area (TPSA) is 75.2 Å². The lowest BCUT2D eigenvalue weighted by molar-refractivity contribution is -0.00558. The van der Waals surface area contributed by atoms with E-state index >= 15 is 0 Å². The van der Waals surface area contributed by atoms with Gasteiger partial charge in [-0.3, -0.25) is 5.41 Å². The van der Waals surface area contributed by atoms with Crippen LogP contribution in [-0.2, 0) is 4.84 Å². The van der Waals surface area contributed by atoms with Crippen LogP contribution >= 0.6 is 0 Å². The van der Waals surface area contributed by atoms with Crippen molar-refractivity contribution < 1.29 is 9.25 Å². The number of hydrogen-bond donors (Lipinski definition) is 1. The average Bonchev–Trinajstić information content (AvgIpc) is 3.08. The van der Waals surface area contributed by atoms with Crippen LogP contribution in [0.4, 0.5) is 0 Å². The Hall–Kier alpha value is -4.59. The van der Waals surface area contributed by atoms with Crippen molar-refractivity contribution in [2.45, 2.75) is 41.5 Å². The molecule has 3 aliphatic carbocycles. The molecule has 0 saturated carbocycles. The van der Waals surface area contributed by atoms with Gasteiger partial charge in [-0.25, -0.2) is 5.06 Å². The molecular formula is C33H34N4O2. The number of nitrogens with zero attached hydrogens (tertiary/aromatic N) is 3. The summed E-state index contributed by atoms with van der Waals surface area (Å²) in [4.78, 5) is 5.86. The molecule has 0 aromatic carbocycles. The summed E-state index contributed by atoms with van der Waals surface area (Å²) in [6, 6.07) is 0. The van der Waals surface area contributed by atoms with Crippen LogP contribution < -0.4 is 0 Å². The molecule has 4 rings (SSSR count). The summed E-state index contributed by atoms with van der Waals surface area (Å²) >= 11 is 0. The molecule has 0 fully saturated rings. The third kappa shape index (κ3) is 6.84. The minimum absolute atomic E-state index is 0.0193. The van der Waals surface area contributed by atoms with Crippen molar-refractivity contribution >= 4 is 17.0 Å². The molecule has 0 unspecified atom stereocenters. The molecule has 1 aromatic heterocycles. The van der Waals surface area contributed by atoms with Gasteiger partial charge in [-0.2, -0.15) is 0 Å². The molecule has 0 atom stereocenters. The minimum atomic E-state index is -0.0437. The molecule has 0 saturated heterocycles. The monoisotopic (exact) mass is 518 g/mol. The fourth-order valence-corrected chi connectivity index (χ4v) is 3.77. The molecule has 1 heterocycles. The van der Waals surface area contributed by atoms with E-state index in [1.807, 2.05) is 54.7 Å². The Balaban J connectivity index is 1.48. The Morgan fingerprint density at radius 2 is 1.41 bits per heavy atom. The minimum Gasteiger partial charge on any atom is -0.416 e. The summed E-state index contributed by atoms with van der Waals surface area (Å²) in [6.45, 7) is 12.9. The molecule has 1 N–H and O–H groups in total. The normalized spacial score (nSPS) is 16.8. The van der Waals surface area contributed by atoms with Gasteiger partial charge < -0.3 is 9.25 Å². The van der Waals surface area contributed by atoms with Gasteiger partial charge in [-0.1, -0.05) is 41.5 Å². The fourth-order valence-electron chi connectivity index (χ4n) is 3.77. The van der Waals surface area contributed by atoms with Crippen LogP contribution in [0.3, 0.4) is 0 Å². The number of likely N-dealkylation sites (N-methyl/N-ethyl adjacent to an activating group) is 1. The first-order valence-electron chi connectivity index (χ1n) is 12.8. The van der Waals surface area contributed by atoms with Crippen molar-refractivity contribution in [2.75, 3.05) is 7.05 Å². The lowest BCUT2D eigenvalue weighted by atomic mass is 9.87. The largest absolute Gasteiger partial charge is 0.416 e. The highest BCUT2D eigenvalue weighted by Crippen LogP contribution is 2.30. The van der Waals surface area contributed by atoms with Crippen LogP contribution in [0.25, 0.3) is 11.1 Å². The summed E-state index contributed by atoms with van der Waals surface area (Å²) in [5, 5.41) is 18.7. The lowest BCUT2D eigenvalue weighted by Gasteiger charge is -2.21. The second-order valence-corrected chi connectivity index (χ2v) is 11.4. The molecule has 6 heteroatoms. The van der Waals surface area contributed by atoms with Crippen molar-refractivity contribution in [1.82, 2.24) is 15.3 Å². The van der Waals surface area contributed by atoms with E-state index in [0.717, 1.165) is 22.4 Å². The van der Waals surface area contributed by atoms with Crippen LogP contribution in [0.15, 0.2) is 117 Å². The third-order valence-corrected chi connectivity index (χ3v) is 6.14. The van der Waals surface area contributed by atoms with Crippen LogP contribution in [0.2, 0.25) is 0 Å². The van der Waals surface area contributed by atoms with Crippen molar-refractivity contribution in [3.05, 3.63) is 124 Å². The second kappa shape index (κ2) is 11.0. The summed E-state index contributed by atoms with van der Waals surface area (Å²) in [7, 11) is 1.76. The quantitative estimate of drug-likeness (QED) is 0.188. The van der Waals surface area contributed by atoms with Crippen molar-refractivity contribution in [1.29, 1.82) is 5.41 Å². The summed E-state index contributed by atoms with van der Waals surface area (Å²) in [6.07, 6.45) is 22.5. The fraction of sp³-hybridized carbons (Fsp3) is 0.273. The van der Waals surface area contributed by atoms with Crippen LogP contribution in [0.1, 0.15) is 53.3 Å². The van der Waals surface area contributed by atoms with Crippen molar-refractivity contribution in [2.24, 2.45) is 10.8 Å². The Morgan fingerprint density at radius 1 is 0.821 bits per heavy atom. The highest BCUT2D eigenvalue weighted by molar-refractivity contribution is 5.97. The first kappa shape index (κ1) is 27.4. The highest BCUT2D eigenvalue weighted by atomic mass is 16.7. The van der Waals surface area contributed by atoms with Gasteiger partial charge in [-0.05, 0) is 94.9 Å². The maximum atomic E-state index is 8.61. The first-order chi connectivity index (χ1) is 18.4. The number of nitrogens with one attached hydrogen (secondary N) is 1. The number of hydrogen-bond acceptors (Lipinski definition) is 6. The smallest absolute Gasteiger partial charge is 0.248 e. The number of hydroxylamine groups is 2. The summed E-state index contributed by atoms with van der Waals surface area (Å²) in [5.74, 6) is 0.697. The van der Waals surface area contributed by atoms with E-state index in [4.69, 9.17) is 14.7 Å². The van der Waals surface area contributed by atoms with E-state index < -0.39 is 0 Å². The highest BCUT2D eigenvalue weighted by Gasteiger charge is 2.19. The zero-order valence-electron chi connectivity index (χ0n) is 23.6. The zero-order chi connectivity index (χ0) is 28.2. The van der Waals surface area contributed by atoms with E-state index in [1.165, 1.54) is 0 Å². The van der Waals surface area contributed by atoms with Gasteiger partial charge in [-0.15, -0.1) is 27.4 Å². The standard InChI is InChI=1S/C33H34N4O2/c1-32(2,3)26-15-10-14-23(18-19-26)30-35-36-31(38-30)25-13-9-8-12-24(22-25)29(34)39-37(7)28-17-11-16-27(20-21-28)33(4,5)6/h9-14,17-22,34H,1-7H3. The molecule has 0 spiro atoms. The second-order valence-electron chi connectivity index (χ2n) is 11.4. The van der Waals surface area contributed by atoms with E-state index in [0.29, 0.717) is 22.9 Å². The predicted octanol–water partition coefficient (Wildman–Crippen LogP) is 7.61. The molecule has 198 valence electrons. The molecule has 1 aromatic rings. The maximum Gasteiger partial charge on any atom is 0.248 e. The zero-order valence-corrected chi connectivity index (χ0v) is 23.6. The van der Waals surface area contributed by atoms with Gasteiger partial charge in [0.2, 0.25) is 17.7 Å². The first-order valence-corrected chi connectivity index (χ1v) is 12.8. The van der Waals surface area contributed by atoms with Crippen molar-refractivity contribution in [3.8, 4) is 0 Å². The molecule has 0 aliphatic heterocycles. The van der Waals surface area contributed by atoms with Crippen LogP contribution in [0.5, 0.6) is 0 Å². The molecular weight excluding hydrogens is 484 g/mol. The van der Waals surface area contributed by atoms with E-state index in [-0.39, 0.29) is 16.7 Å². The van der Waals surface area contributed by atoms with Gasteiger partial charge in [0.25, 0.3) is 0 Å². The SMILES string of the molecule is CN(OC(=N)C1=CC(c2nnc(C3=CC=C=C(C(C)(C)C)C=C3)o2)=CC=C=C1)C1=CC=C=C(C(C)(C)C)C=C1. The van der Waals surface area contributed by atoms with Gasteiger partial charge in [0.15, 0.2) is 0 Å². The Kier molecular flexibility index (Phi) is 7.76. The molecule has 0 amide bonds. The van der Waals surface area contributed by atoms with Gasteiger partial charge in [0, 0.05) is 23.8 Å². The van der Waals surface area contributed by atoms with E-state index in [1.54, 1.807) is 30.3 Å². The van der Waals surface area contributed by atoms with Crippen molar-refractivity contribution in [3.63, 3.8) is 0 Å². The Morgan fingerprint density at radius 3 is 2.08 bits per heavy atom. The number of aromatic nitrogens is 2. The van der Waals surface area contributed by atoms with Gasteiger partial charge in [0.05, 0.1) is 5.70 Å².